The van der Waals surface area contributed by atoms with Crippen LogP contribution in [0.15, 0.2) is 71.8 Å². The van der Waals surface area contributed by atoms with Gasteiger partial charge in [0.05, 0.1) is 0 Å². The quantitative estimate of drug-likeness (QED) is 0.483. The molecule has 1 fully saturated rings. The monoisotopic (exact) mass is 522 g/mol. The molecular formula is C26H23FN4O5S. The van der Waals surface area contributed by atoms with E-state index in [1.165, 1.54) is 0 Å². The number of aryl methyl sites for hydroxylation is 1. The number of nitrogens with one attached hydrogen (secondary N) is 2. The molecule has 2 aliphatic rings. The van der Waals surface area contributed by atoms with Gasteiger partial charge in [-0.05, 0) is 47.7 Å². The van der Waals surface area contributed by atoms with Gasteiger partial charge in [0.25, 0.3) is 11.8 Å². The number of hydrogen-bond acceptors (Lipinski definition) is 6. The van der Waals surface area contributed by atoms with E-state index in [1.54, 1.807) is 36.4 Å². The number of nitrogens with zero attached hydrogens (tertiary/aromatic N) is 2. The molecule has 2 N–H and O–H groups in total. The van der Waals surface area contributed by atoms with Gasteiger partial charge in [-0.3, -0.25) is 9.59 Å². The van der Waals surface area contributed by atoms with Crippen molar-refractivity contribution in [1.29, 1.82) is 0 Å². The average molecular weight is 523 g/mol. The van der Waals surface area contributed by atoms with Gasteiger partial charge < -0.3 is 4.74 Å². The minimum absolute atomic E-state index is 0.0259. The molecule has 0 spiro atoms. The molecule has 0 unspecified atom stereocenters. The summed E-state index contributed by atoms with van der Waals surface area (Å²) >= 11 is 0. The summed E-state index contributed by atoms with van der Waals surface area (Å²) < 4.78 is 49.7. The molecule has 0 atom stereocenters. The maximum Gasteiger partial charge on any atom is 0.326 e. The summed E-state index contributed by atoms with van der Waals surface area (Å²) in [7, 11) is -4.28. The highest BCUT2D eigenvalue weighted by molar-refractivity contribution is 7.92. The van der Waals surface area contributed by atoms with Crippen molar-refractivity contribution in [3.05, 3.63) is 94.8 Å². The summed E-state index contributed by atoms with van der Waals surface area (Å²) in [6, 6.07) is 19.4. The van der Waals surface area contributed by atoms with Crippen LogP contribution in [0.2, 0.25) is 0 Å². The van der Waals surface area contributed by atoms with E-state index in [1.807, 2.05) is 35.1 Å². The minimum atomic E-state index is -4.28. The highest BCUT2D eigenvalue weighted by atomic mass is 32.2. The molecule has 0 saturated carbocycles. The predicted molar refractivity (Wildman–Crippen MR) is 135 cm³/mol. The van der Waals surface area contributed by atoms with Crippen molar-refractivity contribution in [2.45, 2.75) is 25.9 Å². The van der Waals surface area contributed by atoms with Crippen LogP contribution in [0, 0.1) is 5.82 Å². The van der Waals surface area contributed by atoms with Gasteiger partial charge in [-0.2, -0.15) is 13.5 Å². The van der Waals surface area contributed by atoms with Crippen LogP contribution in [0.4, 0.5) is 10.1 Å². The Hall–Kier alpha value is -4.25. The molecule has 37 heavy (non-hydrogen) atoms. The normalized spacial score (nSPS) is 17.3. The Morgan fingerprint density at radius 2 is 1.78 bits per heavy atom. The van der Waals surface area contributed by atoms with E-state index in [-0.39, 0.29) is 30.0 Å². The van der Waals surface area contributed by atoms with Crippen LogP contribution >= 0.6 is 0 Å². The molecule has 11 heteroatoms. The Morgan fingerprint density at radius 3 is 2.46 bits per heavy atom. The number of amides is 2. The van der Waals surface area contributed by atoms with Crippen molar-refractivity contribution < 1.29 is 27.1 Å². The Bertz CT molecular complexity index is 1490. The lowest BCUT2D eigenvalue weighted by Gasteiger charge is -2.25. The maximum absolute atomic E-state index is 16.0. The van der Waals surface area contributed by atoms with E-state index in [0.717, 1.165) is 5.56 Å². The fourth-order valence-corrected chi connectivity index (χ4v) is 5.45. The van der Waals surface area contributed by atoms with Gasteiger partial charge in [-0.15, -0.1) is 0 Å². The maximum atomic E-state index is 16.0. The Morgan fingerprint density at radius 1 is 1.08 bits per heavy atom. The second kappa shape index (κ2) is 10.0. The first kappa shape index (κ1) is 24.4. The number of anilines is 1. The van der Waals surface area contributed by atoms with E-state index in [0.29, 0.717) is 34.0 Å². The van der Waals surface area contributed by atoms with E-state index in [9.17, 15) is 18.0 Å². The molecule has 5 rings (SSSR count). The molecule has 190 valence electrons. The first-order valence-electron chi connectivity index (χ1n) is 11.6. The molecule has 3 aromatic rings. The third-order valence-electron chi connectivity index (χ3n) is 6.12. The molecule has 3 aromatic carbocycles. The van der Waals surface area contributed by atoms with Gasteiger partial charge in [0.1, 0.15) is 24.6 Å². The summed E-state index contributed by atoms with van der Waals surface area (Å²) in [4.78, 5) is 24.2. The second-order valence-electron chi connectivity index (χ2n) is 8.65. The van der Waals surface area contributed by atoms with Crippen LogP contribution in [0.1, 0.15) is 33.5 Å². The second-order valence-corrected chi connectivity index (χ2v) is 10.2. The number of hydrogen-bond donors (Lipinski definition) is 2. The topological polar surface area (TPSA) is 117 Å². The van der Waals surface area contributed by atoms with Crippen LogP contribution in [0.5, 0.6) is 5.75 Å². The lowest BCUT2D eigenvalue weighted by molar-refractivity contribution is -0.117. The Kier molecular flexibility index (Phi) is 6.62. The summed E-state index contributed by atoms with van der Waals surface area (Å²) in [6.45, 7) is -0.479. The number of ether oxygens (including phenoxy) is 1. The van der Waals surface area contributed by atoms with Crippen LogP contribution < -0.4 is 19.2 Å². The van der Waals surface area contributed by atoms with Gasteiger partial charge in [0, 0.05) is 17.7 Å². The summed E-state index contributed by atoms with van der Waals surface area (Å²) in [5, 5.41) is 4.19. The molecule has 1 aliphatic heterocycles. The predicted octanol–water partition coefficient (Wildman–Crippen LogP) is 2.86. The number of carbonyl (C=O) groups is 2. The third-order valence-corrected chi connectivity index (χ3v) is 7.50. The van der Waals surface area contributed by atoms with Crippen molar-refractivity contribution in [1.82, 2.24) is 10.1 Å². The first-order chi connectivity index (χ1) is 17.8. The molecule has 0 bridgehead atoms. The van der Waals surface area contributed by atoms with Crippen molar-refractivity contribution in [3.8, 4) is 5.75 Å². The van der Waals surface area contributed by atoms with E-state index >= 15 is 4.39 Å². The lowest BCUT2D eigenvalue weighted by atomic mass is 9.89. The van der Waals surface area contributed by atoms with E-state index in [2.05, 4.69) is 10.5 Å². The highest BCUT2D eigenvalue weighted by Gasteiger charge is 2.39. The van der Waals surface area contributed by atoms with Gasteiger partial charge in [0.2, 0.25) is 0 Å². The number of halogens is 1. The smallest absolute Gasteiger partial charge is 0.326 e. The molecule has 1 heterocycles. The summed E-state index contributed by atoms with van der Waals surface area (Å²) in [6.07, 6.45) is 0.955. The molecule has 0 aromatic heterocycles. The molecule has 1 saturated heterocycles. The van der Waals surface area contributed by atoms with Gasteiger partial charge in [0.15, 0.2) is 5.82 Å². The van der Waals surface area contributed by atoms with Crippen LogP contribution in [-0.4, -0.2) is 32.5 Å². The van der Waals surface area contributed by atoms with Gasteiger partial charge in [-0.25, -0.2) is 18.8 Å². The zero-order valence-corrected chi connectivity index (χ0v) is 20.4. The van der Waals surface area contributed by atoms with Gasteiger partial charge >= 0.3 is 10.2 Å². The zero-order valence-electron chi connectivity index (χ0n) is 19.6. The highest BCUT2D eigenvalue weighted by Crippen LogP contribution is 2.40. The van der Waals surface area contributed by atoms with E-state index < -0.39 is 34.4 Å². The third kappa shape index (κ3) is 5.17. The van der Waals surface area contributed by atoms with Crippen molar-refractivity contribution in [2.75, 3.05) is 10.8 Å². The molecule has 2 amide bonds. The van der Waals surface area contributed by atoms with Crippen LogP contribution in [0.3, 0.4) is 0 Å². The zero-order chi connectivity index (χ0) is 26.0. The van der Waals surface area contributed by atoms with E-state index in [4.69, 9.17) is 4.74 Å². The Balaban J connectivity index is 1.47. The van der Waals surface area contributed by atoms with Crippen molar-refractivity contribution in [3.63, 3.8) is 0 Å². The fourth-order valence-electron chi connectivity index (χ4n) is 4.29. The fraction of sp³-hybridized carbons (Fsp3) is 0.192. The Labute approximate surface area is 213 Å². The largest absolute Gasteiger partial charge is 0.487 e. The molecule has 0 radical (unpaired) electrons. The number of benzene rings is 3. The molecular weight excluding hydrogens is 499 g/mol. The number of rotatable bonds is 6. The SMILES string of the molecule is O=C1CN(c2c(OCc3ccccc3)cc3c(c2F)CC(=NNC(=O)c2ccccc2)CC3)S(=O)(=O)N1. The number of hydrazone groups is 1. The van der Waals surface area contributed by atoms with Crippen LogP contribution in [-0.2, 0) is 34.5 Å². The number of carbonyl (C=O) groups excluding carboxylic acids is 2. The molecule has 1 aliphatic carbocycles. The minimum Gasteiger partial charge on any atom is -0.487 e. The lowest BCUT2D eigenvalue weighted by Crippen LogP contribution is -2.31. The number of fused-ring (bicyclic) bond motifs is 1. The van der Waals surface area contributed by atoms with Crippen molar-refractivity contribution in [2.24, 2.45) is 5.10 Å². The summed E-state index contributed by atoms with van der Waals surface area (Å²) in [5.74, 6) is -1.94. The van der Waals surface area contributed by atoms with Crippen LogP contribution in [0.25, 0.3) is 0 Å². The van der Waals surface area contributed by atoms with Gasteiger partial charge in [-0.1, -0.05) is 48.5 Å². The van der Waals surface area contributed by atoms with Crippen molar-refractivity contribution >= 4 is 33.4 Å². The molecule has 9 nitrogen and oxygen atoms in total. The first-order valence-corrected chi connectivity index (χ1v) is 13.0. The average Bonchev–Trinajstić information content (AvgIpc) is 3.18. The summed E-state index contributed by atoms with van der Waals surface area (Å²) in [5.41, 5.74) is 4.85. The standard InChI is InChI=1S/C26H23FN4O5S/c27-24-21-14-20(28-29-26(33)18-9-5-2-6-10-18)12-11-19(21)13-22(36-16-17-7-3-1-4-8-17)25(24)31-15-23(32)30-37(31,34)35/h1-10,13H,11-12,14-16H2,(H,29,33)(H,30,32).